The van der Waals surface area contributed by atoms with Crippen molar-refractivity contribution in [1.29, 1.82) is 0 Å². The third-order valence-electron chi connectivity index (χ3n) is 7.97. The molecule has 8 heteroatoms. The average Bonchev–Trinajstić information content (AvgIpc) is 3.30. The van der Waals surface area contributed by atoms with Gasteiger partial charge in [0.15, 0.2) is 0 Å². The summed E-state index contributed by atoms with van der Waals surface area (Å²) < 4.78 is 22.1. The number of rotatable bonds is 18. The van der Waals surface area contributed by atoms with Crippen molar-refractivity contribution < 1.29 is 42.7 Å². The lowest BCUT2D eigenvalue weighted by Crippen LogP contribution is -3.00. The van der Waals surface area contributed by atoms with Gasteiger partial charge in [-0.15, -0.1) is 4.37 Å². The lowest BCUT2D eigenvalue weighted by Gasteiger charge is -2.47. The fourth-order valence-electron chi connectivity index (χ4n) is 5.50. The predicted molar refractivity (Wildman–Crippen MR) is 148 cm³/mol. The zero-order valence-corrected chi connectivity index (χ0v) is 26.5. The number of nitrogens with zero attached hydrogens (tertiary/aromatic N) is 3. The highest BCUT2D eigenvalue weighted by Crippen LogP contribution is 2.39. The molecule has 0 N–H and O–H groups in total. The van der Waals surface area contributed by atoms with E-state index in [4.69, 9.17) is 9.47 Å². The summed E-state index contributed by atoms with van der Waals surface area (Å²) in [7, 11) is 2.27. The first-order valence-electron chi connectivity index (χ1n) is 14.8. The predicted octanol–water partition coefficient (Wildman–Crippen LogP) is 4.55. The fourth-order valence-corrected chi connectivity index (χ4v) is 6.03. The minimum atomic E-state index is -0.0653. The second-order valence-corrected chi connectivity index (χ2v) is 11.7. The number of hydrogen-bond acceptors (Lipinski definition) is 6. The summed E-state index contributed by atoms with van der Waals surface area (Å²) in [6, 6.07) is 0. The van der Waals surface area contributed by atoms with Crippen LogP contribution in [-0.4, -0.2) is 52.2 Å². The summed E-state index contributed by atoms with van der Waals surface area (Å²) in [6.07, 6.45) is 20.5. The molecule has 0 spiro atoms. The molecule has 6 nitrogen and oxygen atoms in total. The minimum absolute atomic E-state index is 0. The molecule has 1 aliphatic heterocycles. The first kappa shape index (κ1) is 32.5. The Morgan fingerprint density at radius 1 is 1.03 bits per heavy atom. The van der Waals surface area contributed by atoms with Gasteiger partial charge >= 0.3 is 5.97 Å². The summed E-state index contributed by atoms with van der Waals surface area (Å²) in [5, 5.41) is 0. The molecule has 0 amide bonds. The molecule has 2 aliphatic rings. The van der Waals surface area contributed by atoms with Crippen molar-refractivity contribution in [2.24, 2.45) is 5.92 Å². The Labute approximate surface area is 246 Å². The van der Waals surface area contributed by atoms with Crippen LogP contribution in [0.15, 0.2) is 6.08 Å². The number of halogens is 1. The topological polar surface area (TPSA) is 61.3 Å². The van der Waals surface area contributed by atoms with Gasteiger partial charge < -0.3 is 33.5 Å². The van der Waals surface area contributed by atoms with Gasteiger partial charge in [-0.25, -0.2) is 0 Å². The molecule has 1 saturated carbocycles. The van der Waals surface area contributed by atoms with E-state index in [1.807, 2.05) is 0 Å². The van der Waals surface area contributed by atoms with Gasteiger partial charge in [-0.2, -0.15) is 4.37 Å². The number of carbonyl (C=O) groups excluding carboxylic acids is 1. The number of unbranched alkanes of at least 4 members (excludes halogenated alkanes) is 9. The maximum atomic E-state index is 12.9. The third kappa shape index (κ3) is 10.4. The van der Waals surface area contributed by atoms with Crippen LogP contribution in [0.2, 0.25) is 0 Å². The van der Waals surface area contributed by atoms with Gasteiger partial charge in [0, 0.05) is 24.3 Å². The minimum Gasteiger partial charge on any atom is -1.00 e. The molecule has 0 saturated heterocycles. The lowest BCUT2D eigenvalue weighted by molar-refractivity contribution is -0.951. The largest absolute Gasteiger partial charge is 1.00 e. The second kappa shape index (κ2) is 17.8. The van der Waals surface area contributed by atoms with E-state index in [0.717, 1.165) is 61.8 Å². The summed E-state index contributed by atoms with van der Waals surface area (Å²) in [6.45, 7) is 6.95. The van der Waals surface area contributed by atoms with Crippen LogP contribution in [0.5, 0.6) is 5.88 Å². The van der Waals surface area contributed by atoms with Crippen molar-refractivity contribution in [3.63, 3.8) is 0 Å². The van der Waals surface area contributed by atoms with Gasteiger partial charge in [0.05, 0.1) is 31.9 Å². The van der Waals surface area contributed by atoms with Crippen molar-refractivity contribution in [3.05, 3.63) is 11.8 Å². The quantitative estimate of drug-likeness (QED) is 0.101. The van der Waals surface area contributed by atoms with E-state index >= 15 is 0 Å². The molecular formula is C29H50IN3O3S. The summed E-state index contributed by atoms with van der Waals surface area (Å²) in [5.74, 6) is 1.13. The molecule has 1 fully saturated rings. The van der Waals surface area contributed by atoms with Crippen LogP contribution in [0.3, 0.4) is 0 Å². The molecule has 0 bridgehead atoms. The van der Waals surface area contributed by atoms with E-state index in [1.54, 1.807) is 0 Å². The number of likely N-dealkylation sites (N-methyl/N-ethyl adjacent to an activating group) is 1. The molecule has 0 aromatic carbocycles. The monoisotopic (exact) mass is 647 g/mol. The fraction of sp³-hybridized carbons (Fsp3) is 0.828. The Morgan fingerprint density at radius 2 is 1.70 bits per heavy atom. The Hall–Kier alpha value is -0.740. The summed E-state index contributed by atoms with van der Waals surface area (Å²) in [4.78, 5) is 12.9. The highest BCUT2D eigenvalue weighted by Gasteiger charge is 2.45. The normalized spacial score (nSPS) is 20.5. The number of aromatic nitrogens is 2. The van der Waals surface area contributed by atoms with Crippen molar-refractivity contribution in [1.82, 2.24) is 8.75 Å². The van der Waals surface area contributed by atoms with Gasteiger partial charge in [-0.1, -0.05) is 84.1 Å². The first-order valence-corrected chi connectivity index (χ1v) is 15.5. The molecule has 1 aliphatic carbocycles. The molecule has 1 aromatic heterocycles. The zero-order chi connectivity index (χ0) is 25.6. The average molecular weight is 648 g/mol. The Kier molecular flexibility index (Phi) is 15.6. The maximum Gasteiger partial charge on any atom is 0.310 e. The number of quaternary nitrogens is 1. The van der Waals surface area contributed by atoms with Crippen LogP contribution in [-0.2, 0) is 9.53 Å². The van der Waals surface area contributed by atoms with Crippen LogP contribution in [0.4, 0.5) is 0 Å². The maximum absolute atomic E-state index is 12.9. The van der Waals surface area contributed by atoms with Gasteiger partial charge in [0.25, 0.3) is 5.88 Å². The smallest absolute Gasteiger partial charge is 0.310 e. The van der Waals surface area contributed by atoms with E-state index in [1.165, 1.54) is 75.1 Å². The van der Waals surface area contributed by atoms with E-state index in [9.17, 15) is 4.79 Å². The number of esters is 1. The molecule has 0 radical (unpaired) electrons. The van der Waals surface area contributed by atoms with E-state index in [0.29, 0.717) is 24.8 Å². The standard InChI is InChI=1S/C29H50N3O3S.HI/c1-4-6-8-10-11-12-13-20-26(33)35-29(24-17-15-18-24)32(3)21-16-19-25(23-32)27-28(31-36-30-27)34-22-14-9-7-5-2;/h19,24,29H,4-18,20-23H2,1-3H3;1H/q+1;/p-1. The molecule has 3 rings (SSSR count). The summed E-state index contributed by atoms with van der Waals surface area (Å²) in [5.41, 5.74) is 2.08. The summed E-state index contributed by atoms with van der Waals surface area (Å²) >= 11 is 1.23. The molecular weight excluding hydrogens is 597 g/mol. The van der Waals surface area contributed by atoms with Gasteiger partial charge in [-0.05, 0) is 25.7 Å². The lowest BCUT2D eigenvalue weighted by atomic mass is 9.82. The highest BCUT2D eigenvalue weighted by molar-refractivity contribution is 6.99. The second-order valence-electron chi connectivity index (χ2n) is 11.1. The third-order valence-corrected chi connectivity index (χ3v) is 8.48. The van der Waals surface area contributed by atoms with Crippen molar-refractivity contribution in [2.45, 2.75) is 123 Å². The van der Waals surface area contributed by atoms with Crippen LogP contribution < -0.4 is 28.7 Å². The van der Waals surface area contributed by atoms with Crippen molar-refractivity contribution in [2.75, 3.05) is 26.7 Å². The molecule has 2 unspecified atom stereocenters. The molecule has 212 valence electrons. The van der Waals surface area contributed by atoms with Crippen LogP contribution in [0.25, 0.3) is 5.57 Å². The number of carbonyl (C=O) groups is 1. The number of hydrogen-bond donors (Lipinski definition) is 0. The van der Waals surface area contributed by atoms with Gasteiger partial charge in [0.1, 0.15) is 12.2 Å². The Bertz CT molecular complexity index is 814. The molecule has 1 aromatic rings. The zero-order valence-electron chi connectivity index (χ0n) is 23.5. The first-order chi connectivity index (χ1) is 17.6. The number of ether oxygens (including phenoxy) is 2. The Morgan fingerprint density at radius 3 is 2.38 bits per heavy atom. The van der Waals surface area contributed by atoms with Gasteiger partial charge in [-0.3, -0.25) is 9.28 Å². The molecule has 2 heterocycles. The molecule has 37 heavy (non-hydrogen) atoms. The van der Waals surface area contributed by atoms with Crippen molar-refractivity contribution in [3.8, 4) is 5.88 Å². The van der Waals surface area contributed by atoms with Gasteiger partial charge in [0.2, 0.25) is 6.23 Å². The van der Waals surface area contributed by atoms with E-state index < -0.39 is 0 Å². The Balaban J connectivity index is 0.00000481. The molecule has 2 atom stereocenters. The highest BCUT2D eigenvalue weighted by atomic mass is 127. The van der Waals surface area contributed by atoms with E-state index in [-0.39, 0.29) is 36.2 Å². The van der Waals surface area contributed by atoms with Crippen LogP contribution in [0, 0.1) is 5.92 Å². The van der Waals surface area contributed by atoms with Crippen LogP contribution in [0.1, 0.15) is 122 Å². The van der Waals surface area contributed by atoms with Crippen LogP contribution >= 0.6 is 11.7 Å². The van der Waals surface area contributed by atoms with Crippen molar-refractivity contribution >= 4 is 23.3 Å². The SMILES string of the molecule is CCCCCCCCCC(=O)OC(C1CCC1)[N+]1(C)CCC=C(c2nsnc2OCCCCCC)C1.[I-]. The van der Waals surface area contributed by atoms with E-state index in [2.05, 4.69) is 35.7 Å².